The molecule has 1 fully saturated rings. The molecule has 0 spiro atoms. The van der Waals surface area contributed by atoms with Crippen molar-refractivity contribution >= 4 is 39.3 Å². The molecule has 2 aromatic rings. The van der Waals surface area contributed by atoms with Crippen molar-refractivity contribution in [2.45, 2.75) is 58.0 Å². The van der Waals surface area contributed by atoms with Crippen LogP contribution >= 0.6 is 27.3 Å². The van der Waals surface area contributed by atoms with E-state index in [9.17, 15) is 9.59 Å². The lowest BCUT2D eigenvalue weighted by molar-refractivity contribution is -0.135. The quantitative estimate of drug-likeness (QED) is 0.643. The second kappa shape index (κ2) is 8.70. The third-order valence-electron chi connectivity index (χ3n) is 6.00. The Labute approximate surface area is 188 Å². The number of thiophene rings is 1. The van der Waals surface area contributed by atoms with Crippen molar-refractivity contribution in [2.75, 3.05) is 13.7 Å². The van der Waals surface area contributed by atoms with E-state index in [2.05, 4.69) is 31.2 Å². The number of amides is 2. The summed E-state index contributed by atoms with van der Waals surface area (Å²) in [7, 11) is 1.31. The zero-order valence-electron chi connectivity index (χ0n) is 17.5. The van der Waals surface area contributed by atoms with Gasteiger partial charge in [-0.05, 0) is 65.1 Å². The molecule has 2 atom stereocenters. The predicted molar refractivity (Wildman–Crippen MR) is 119 cm³/mol. The minimum atomic E-state index is -0.621. The van der Waals surface area contributed by atoms with Crippen molar-refractivity contribution in [3.8, 4) is 10.6 Å². The molecule has 0 aromatic carbocycles. The van der Waals surface area contributed by atoms with Gasteiger partial charge in [-0.3, -0.25) is 4.79 Å². The predicted octanol–water partition coefficient (Wildman–Crippen LogP) is 4.43. The Morgan fingerprint density at radius 1 is 1.33 bits per heavy atom. The molecule has 1 aliphatic carbocycles. The van der Waals surface area contributed by atoms with Crippen LogP contribution in [0.15, 0.2) is 9.98 Å². The van der Waals surface area contributed by atoms with Gasteiger partial charge in [0.1, 0.15) is 11.9 Å². The van der Waals surface area contributed by atoms with Crippen molar-refractivity contribution < 1.29 is 14.3 Å². The SMILES string of the molecule is COC(=O)N[C@H](C(=O)N1CCC[C@H]1c1ncc(-c2sc(Br)c3c2CCC3)[nH]1)C(C)C. The zero-order chi connectivity index (χ0) is 21.4. The smallest absolute Gasteiger partial charge is 0.407 e. The summed E-state index contributed by atoms with van der Waals surface area (Å²) in [4.78, 5) is 36.2. The number of H-pyrrole nitrogens is 1. The van der Waals surface area contributed by atoms with E-state index in [1.54, 1.807) is 11.3 Å². The maximum Gasteiger partial charge on any atom is 0.407 e. The molecule has 0 radical (unpaired) electrons. The van der Waals surface area contributed by atoms with Crippen LogP contribution in [0.4, 0.5) is 4.79 Å². The number of imidazole rings is 1. The lowest BCUT2D eigenvalue weighted by atomic mass is 10.0. The van der Waals surface area contributed by atoms with Gasteiger partial charge in [0.2, 0.25) is 5.91 Å². The van der Waals surface area contributed by atoms with Gasteiger partial charge < -0.3 is 19.9 Å². The molecule has 2 amide bonds. The van der Waals surface area contributed by atoms with Gasteiger partial charge >= 0.3 is 6.09 Å². The van der Waals surface area contributed by atoms with E-state index in [1.165, 1.54) is 33.3 Å². The van der Waals surface area contributed by atoms with Gasteiger partial charge in [0, 0.05) is 6.54 Å². The molecule has 0 bridgehead atoms. The fraction of sp³-hybridized carbons (Fsp3) is 0.571. The molecular weight excluding hydrogens is 468 g/mol. The number of carbonyl (C=O) groups excluding carboxylic acids is 2. The molecule has 162 valence electrons. The molecule has 0 unspecified atom stereocenters. The molecular formula is C21H27BrN4O3S. The molecule has 7 nitrogen and oxygen atoms in total. The van der Waals surface area contributed by atoms with Crippen LogP contribution in [-0.2, 0) is 22.4 Å². The molecule has 4 rings (SSSR count). The van der Waals surface area contributed by atoms with Crippen LogP contribution in [0, 0.1) is 5.92 Å². The Bertz CT molecular complexity index is 954. The summed E-state index contributed by atoms with van der Waals surface area (Å²) in [6, 6.07) is -0.729. The highest BCUT2D eigenvalue weighted by molar-refractivity contribution is 9.11. The van der Waals surface area contributed by atoms with E-state index in [-0.39, 0.29) is 17.9 Å². The van der Waals surface area contributed by atoms with E-state index in [0.717, 1.165) is 37.2 Å². The maximum atomic E-state index is 13.3. The van der Waals surface area contributed by atoms with Crippen molar-refractivity contribution in [1.82, 2.24) is 20.2 Å². The van der Waals surface area contributed by atoms with Gasteiger partial charge in [0.25, 0.3) is 0 Å². The second-order valence-corrected chi connectivity index (χ2v) is 10.6. The fourth-order valence-corrected chi connectivity index (χ4v) is 6.47. The van der Waals surface area contributed by atoms with E-state index in [1.807, 2.05) is 24.9 Å². The number of alkyl carbamates (subject to hydrolysis) is 1. The number of ether oxygens (including phenoxy) is 1. The molecule has 1 aliphatic heterocycles. The van der Waals surface area contributed by atoms with Crippen molar-refractivity contribution in [3.05, 3.63) is 26.9 Å². The number of hydrogen-bond acceptors (Lipinski definition) is 5. The first kappa shape index (κ1) is 21.4. The van der Waals surface area contributed by atoms with Crippen LogP contribution in [0.25, 0.3) is 10.6 Å². The number of fused-ring (bicyclic) bond motifs is 1. The third kappa shape index (κ3) is 3.89. The topological polar surface area (TPSA) is 87.3 Å². The Morgan fingerprint density at radius 2 is 2.10 bits per heavy atom. The zero-order valence-corrected chi connectivity index (χ0v) is 19.9. The standard InChI is InChI=1S/C21H27BrN4O3S/c1-11(2)16(25-21(28)29-3)20(27)26-9-5-8-15(26)19-23-10-14(24-19)17-12-6-4-7-13(12)18(22)30-17/h10-11,15-16H,4-9H2,1-3H3,(H,23,24)(H,25,28)/t15-,16-/m0/s1. The lowest BCUT2D eigenvalue weighted by Gasteiger charge is -2.30. The van der Waals surface area contributed by atoms with Crippen LogP contribution in [-0.4, -0.2) is 46.6 Å². The monoisotopic (exact) mass is 494 g/mol. The van der Waals surface area contributed by atoms with E-state index in [0.29, 0.717) is 6.54 Å². The summed E-state index contributed by atoms with van der Waals surface area (Å²) in [5.41, 5.74) is 3.87. The highest BCUT2D eigenvalue weighted by Crippen LogP contribution is 2.44. The number of likely N-dealkylation sites (tertiary alicyclic amines) is 1. The van der Waals surface area contributed by atoms with Gasteiger partial charge in [-0.25, -0.2) is 9.78 Å². The molecule has 3 heterocycles. The average molecular weight is 495 g/mol. The highest BCUT2D eigenvalue weighted by Gasteiger charge is 2.37. The summed E-state index contributed by atoms with van der Waals surface area (Å²) in [6.07, 6.45) is 6.49. The van der Waals surface area contributed by atoms with Gasteiger partial charge in [-0.15, -0.1) is 11.3 Å². The summed E-state index contributed by atoms with van der Waals surface area (Å²) in [5, 5.41) is 2.69. The van der Waals surface area contributed by atoms with Crippen molar-refractivity contribution in [3.63, 3.8) is 0 Å². The summed E-state index contributed by atoms with van der Waals surface area (Å²) >= 11 is 5.46. The summed E-state index contributed by atoms with van der Waals surface area (Å²) in [5.74, 6) is 0.680. The van der Waals surface area contributed by atoms with Gasteiger partial charge in [-0.2, -0.15) is 0 Å². The number of rotatable bonds is 5. The number of nitrogens with one attached hydrogen (secondary N) is 2. The number of halogens is 1. The number of methoxy groups -OCH3 is 1. The molecule has 2 aromatic heterocycles. The number of hydrogen-bond donors (Lipinski definition) is 2. The molecule has 9 heteroatoms. The van der Waals surface area contributed by atoms with Crippen LogP contribution in [0.3, 0.4) is 0 Å². The fourth-order valence-electron chi connectivity index (χ4n) is 4.46. The van der Waals surface area contributed by atoms with E-state index < -0.39 is 12.1 Å². The first-order valence-corrected chi connectivity index (χ1v) is 12.0. The molecule has 30 heavy (non-hydrogen) atoms. The van der Waals surface area contributed by atoms with Crippen LogP contribution in [0.1, 0.15) is 56.1 Å². The number of carbonyl (C=O) groups is 2. The summed E-state index contributed by atoms with van der Waals surface area (Å²) in [6.45, 7) is 4.50. The minimum Gasteiger partial charge on any atom is -0.453 e. The largest absolute Gasteiger partial charge is 0.453 e. The average Bonchev–Trinajstić information content (AvgIpc) is 3.49. The van der Waals surface area contributed by atoms with Crippen LogP contribution < -0.4 is 5.32 Å². The molecule has 1 saturated heterocycles. The van der Waals surface area contributed by atoms with Crippen molar-refractivity contribution in [1.29, 1.82) is 0 Å². The Hall–Kier alpha value is -1.87. The third-order valence-corrected chi connectivity index (χ3v) is 8.06. The van der Waals surface area contributed by atoms with Gasteiger partial charge in [0.05, 0.1) is 33.7 Å². The maximum absolute atomic E-state index is 13.3. The summed E-state index contributed by atoms with van der Waals surface area (Å²) < 4.78 is 5.92. The molecule has 2 aliphatic rings. The first-order valence-electron chi connectivity index (χ1n) is 10.4. The van der Waals surface area contributed by atoms with Gasteiger partial charge in [-0.1, -0.05) is 13.8 Å². The highest BCUT2D eigenvalue weighted by atomic mass is 79.9. The molecule has 2 N–H and O–H groups in total. The normalized spacial score (nSPS) is 19.2. The van der Waals surface area contributed by atoms with Crippen molar-refractivity contribution in [2.24, 2.45) is 5.92 Å². The Morgan fingerprint density at radius 3 is 2.83 bits per heavy atom. The Balaban J connectivity index is 1.56. The number of aromatic nitrogens is 2. The molecule has 0 saturated carbocycles. The Kier molecular flexibility index (Phi) is 6.20. The van der Waals surface area contributed by atoms with E-state index >= 15 is 0 Å². The van der Waals surface area contributed by atoms with E-state index in [4.69, 9.17) is 4.74 Å². The van der Waals surface area contributed by atoms with Crippen LogP contribution in [0.2, 0.25) is 0 Å². The minimum absolute atomic E-state index is 0.0453. The first-order chi connectivity index (χ1) is 14.4. The van der Waals surface area contributed by atoms with Gasteiger partial charge in [0.15, 0.2) is 0 Å². The number of nitrogens with zero attached hydrogens (tertiary/aromatic N) is 2. The number of aromatic amines is 1. The second-order valence-electron chi connectivity index (χ2n) is 8.24. The van der Waals surface area contributed by atoms with Crippen LogP contribution in [0.5, 0.6) is 0 Å². The lowest BCUT2D eigenvalue weighted by Crippen LogP contribution is -2.51.